The molecule has 0 spiro atoms. The molecule has 1 amide bonds. The molecule has 0 bridgehead atoms. The Morgan fingerprint density at radius 1 is 1.13 bits per heavy atom. The summed E-state index contributed by atoms with van der Waals surface area (Å²) in [5, 5.41) is 11.5. The van der Waals surface area contributed by atoms with Crippen LogP contribution in [0, 0.1) is 18.6 Å². The summed E-state index contributed by atoms with van der Waals surface area (Å²) in [5.41, 5.74) is 1.64. The van der Waals surface area contributed by atoms with Crippen molar-refractivity contribution in [2.24, 2.45) is 0 Å². The van der Waals surface area contributed by atoms with Gasteiger partial charge in [-0.1, -0.05) is 6.07 Å². The van der Waals surface area contributed by atoms with Gasteiger partial charge in [-0.15, -0.1) is 10.2 Å². The number of hydrogen-bond donors (Lipinski definition) is 1. The first-order valence-electron chi connectivity index (χ1n) is 10.1. The Hall–Kier alpha value is -3.29. The van der Waals surface area contributed by atoms with Gasteiger partial charge in [0.2, 0.25) is 0 Å². The van der Waals surface area contributed by atoms with Crippen LogP contribution in [0.3, 0.4) is 0 Å². The molecule has 1 aliphatic heterocycles. The lowest BCUT2D eigenvalue weighted by molar-refractivity contribution is 0.0813. The van der Waals surface area contributed by atoms with Crippen molar-refractivity contribution in [2.75, 3.05) is 0 Å². The molecule has 0 atom stereocenters. The molecule has 1 aliphatic rings. The third-order valence-corrected chi connectivity index (χ3v) is 5.30. The molecule has 8 heteroatoms. The van der Waals surface area contributed by atoms with Gasteiger partial charge < -0.3 is 14.6 Å². The monoisotopic (exact) mass is 426 g/mol. The van der Waals surface area contributed by atoms with Crippen LogP contribution in [0.25, 0.3) is 11.4 Å². The zero-order valence-corrected chi connectivity index (χ0v) is 18.1. The molecular formula is C23H24F2N4O2. The maximum Gasteiger partial charge on any atom is 0.251 e. The number of hydrogen-bond acceptors (Lipinski definition) is 4. The van der Waals surface area contributed by atoms with Crippen LogP contribution < -0.4 is 10.1 Å². The van der Waals surface area contributed by atoms with E-state index in [-0.39, 0.29) is 11.9 Å². The van der Waals surface area contributed by atoms with E-state index in [0.29, 0.717) is 29.3 Å². The predicted octanol–water partition coefficient (Wildman–Crippen LogP) is 4.67. The number of amides is 1. The molecule has 0 unspecified atom stereocenters. The van der Waals surface area contributed by atoms with Gasteiger partial charge in [-0.2, -0.15) is 0 Å². The van der Waals surface area contributed by atoms with Gasteiger partial charge in [0.1, 0.15) is 0 Å². The summed E-state index contributed by atoms with van der Waals surface area (Å²) in [7, 11) is 0. The fourth-order valence-electron chi connectivity index (χ4n) is 3.84. The third kappa shape index (κ3) is 3.66. The maximum atomic E-state index is 14.4. The first-order valence-corrected chi connectivity index (χ1v) is 10.1. The predicted molar refractivity (Wildman–Crippen MR) is 112 cm³/mol. The fraction of sp³-hybridized carbons (Fsp3) is 0.348. The molecule has 3 aromatic rings. The van der Waals surface area contributed by atoms with Crippen molar-refractivity contribution in [3.63, 3.8) is 0 Å². The van der Waals surface area contributed by atoms with E-state index in [2.05, 4.69) is 15.5 Å². The van der Waals surface area contributed by atoms with Gasteiger partial charge in [0, 0.05) is 23.7 Å². The van der Waals surface area contributed by atoms with Crippen LogP contribution in [0.4, 0.5) is 8.78 Å². The average molecular weight is 426 g/mol. The number of carbonyl (C=O) groups excluding carboxylic acids is 1. The van der Waals surface area contributed by atoms with Gasteiger partial charge in [0.05, 0.1) is 0 Å². The summed E-state index contributed by atoms with van der Waals surface area (Å²) in [5.74, 6) is -1.04. The van der Waals surface area contributed by atoms with Gasteiger partial charge in [-0.05, 0) is 70.0 Å². The number of nitrogens with zero attached hydrogens (tertiary/aromatic N) is 3. The van der Waals surface area contributed by atoms with Gasteiger partial charge in [-0.25, -0.2) is 8.78 Å². The summed E-state index contributed by atoms with van der Waals surface area (Å²) in [6, 6.07) is 7.91. The Labute approximate surface area is 179 Å². The number of fused-ring (bicyclic) bond motifs is 1. The van der Waals surface area contributed by atoms with Crippen LogP contribution >= 0.6 is 0 Å². The molecule has 1 N–H and O–H groups in total. The minimum absolute atomic E-state index is 0.0522. The Morgan fingerprint density at radius 2 is 1.81 bits per heavy atom. The maximum absolute atomic E-state index is 14.4. The summed E-state index contributed by atoms with van der Waals surface area (Å²) in [6.45, 7) is 9.41. The van der Waals surface area contributed by atoms with E-state index in [0.717, 1.165) is 11.1 Å². The highest BCUT2D eigenvalue weighted by Crippen LogP contribution is 2.35. The molecule has 162 valence electrons. The van der Waals surface area contributed by atoms with Crippen molar-refractivity contribution in [1.29, 1.82) is 0 Å². The lowest BCUT2D eigenvalue weighted by Crippen LogP contribution is -2.31. The molecule has 0 saturated carbocycles. The average Bonchev–Trinajstić information content (AvgIpc) is 3.29. The van der Waals surface area contributed by atoms with Gasteiger partial charge in [0.25, 0.3) is 5.91 Å². The first kappa shape index (κ1) is 21.0. The number of aryl methyl sites for hydroxylation is 1. The highest BCUT2D eigenvalue weighted by atomic mass is 19.1. The number of aromatic nitrogens is 3. The minimum Gasteiger partial charge on any atom is -0.474 e. The largest absolute Gasteiger partial charge is 0.474 e. The highest BCUT2D eigenvalue weighted by Gasteiger charge is 2.34. The van der Waals surface area contributed by atoms with Crippen LogP contribution in [0.1, 0.15) is 61.0 Å². The number of nitrogens with one attached hydrogen (secondary N) is 1. The molecular weight excluding hydrogens is 402 g/mol. The number of benzene rings is 2. The molecule has 31 heavy (non-hydrogen) atoms. The molecule has 0 fully saturated rings. The molecule has 2 aromatic carbocycles. The van der Waals surface area contributed by atoms with Crippen molar-refractivity contribution >= 4 is 5.91 Å². The Balaban J connectivity index is 1.76. The van der Waals surface area contributed by atoms with Crippen LogP contribution in [0.15, 0.2) is 30.3 Å². The Kier molecular flexibility index (Phi) is 5.03. The number of rotatable bonds is 5. The van der Waals surface area contributed by atoms with Crippen molar-refractivity contribution in [3.8, 4) is 17.1 Å². The minimum atomic E-state index is -1.17. The summed E-state index contributed by atoms with van der Waals surface area (Å²) in [6.07, 6.45) is 0. The number of carbonyl (C=O) groups is 1. The standard InChI is InChI=1S/C23H24F2N4O2/c1-12(2)29-20(14-6-7-16-15(10-14)11-26-21(16)30)27-28-22(29)23(4,5)31-19-17(24)8-13(3)9-18(19)25/h6-10,12H,11H2,1-5H3,(H,26,30). The first-order chi connectivity index (χ1) is 14.6. The summed E-state index contributed by atoms with van der Waals surface area (Å²) in [4.78, 5) is 11.9. The smallest absolute Gasteiger partial charge is 0.251 e. The molecule has 0 aliphatic carbocycles. The Morgan fingerprint density at radius 3 is 2.45 bits per heavy atom. The molecule has 6 nitrogen and oxygen atoms in total. The third-order valence-electron chi connectivity index (χ3n) is 5.30. The zero-order valence-electron chi connectivity index (χ0n) is 18.1. The second-order valence-corrected chi connectivity index (χ2v) is 8.54. The summed E-state index contributed by atoms with van der Waals surface area (Å²) < 4.78 is 36.5. The topological polar surface area (TPSA) is 69.0 Å². The zero-order chi connectivity index (χ0) is 22.5. The Bertz CT molecular complexity index is 1160. The van der Waals surface area contributed by atoms with Gasteiger partial charge in [-0.3, -0.25) is 4.79 Å². The second kappa shape index (κ2) is 7.44. The van der Waals surface area contributed by atoms with E-state index < -0.39 is 23.0 Å². The number of halogens is 2. The SMILES string of the molecule is Cc1cc(F)c(OC(C)(C)c2nnc(-c3ccc4c(c3)CNC4=O)n2C(C)C)c(F)c1. The highest BCUT2D eigenvalue weighted by molar-refractivity contribution is 5.98. The van der Waals surface area contributed by atoms with Crippen molar-refractivity contribution in [1.82, 2.24) is 20.1 Å². The van der Waals surface area contributed by atoms with Crippen LogP contribution in [0.2, 0.25) is 0 Å². The normalized spacial score (nSPS) is 13.5. The summed E-state index contributed by atoms with van der Waals surface area (Å²) >= 11 is 0. The van der Waals surface area contributed by atoms with Crippen molar-refractivity contribution in [3.05, 3.63) is 64.5 Å². The second-order valence-electron chi connectivity index (χ2n) is 8.54. The van der Waals surface area contributed by atoms with Crippen LogP contribution in [-0.2, 0) is 12.1 Å². The lowest BCUT2D eigenvalue weighted by atomic mass is 10.0. The number of ether oxygens (including phenoxy) is 1. The van der Waals surface area contributed by atoms with Crippen LogP contribution in [-0.4, -0.2) is 20.7 Å². The lowest BCUT2D eigenvalue weighted by Gasteiger charge is -2.28. The fourth-order valence-corrected chi connectivity index (χ4v) is 3.84. The van der Waals surface area contributed by atoms with E-state index >= 15 is 0 Å². The quantitative estimate of drug-likeness (QED) is 0.644. The van der Waals surface area contributed by atoms with E-state index in [9.17, 15) is 13.6 Å². The van der Waals surface area contributed by atoms with Crippen LogP contribution in [0.5, 0.6) is 5.75 Å². The van der Waals surface area contributed by atoms with E-state index in [1.165, 1.54) is 12.1 Å². The van der Waals surface area contributed by atoms with Crippen molar-refractivity contribution in [2.45, 2.75) is 52.8 Å². The molecule has 0 radical (unpaired) electrons. The molecule has 2 heterocycles. The molecule has 0 saturated heterocycles. The van der Waals surface area contributed by atoms with Crippen molar-refractivity contribution < 1.29 is 18.3 Å². The van der Waals surface area contributed by atoms with E-state index in [4.69, 9.17) is 4.74 Å². The molecule has 1 aromatic heterocycles. The van der Waals surface area contributed by atoms with Gasteiger partial charge in [0.15, 0.2) is 34.6 Å². The van der Waals surface area contributed by atoms with Gasteiger partial charge >= 0.3 is 0 Å². The molecule has 4 rings (SSSR count). The van der Waals surface area contributed by atoms with E-state index in [1.54, 1.807) is 26.8 Å². The van der Waals surface area contributed by atoms with E-state index in [1.807, 2.05) is 30.5 Å².